The fourth-order valence-corrected chi connectivity index (χ4v) is 4.33. The Hall–Kier alpha value is -3.03. The van der Waals surface area contributed by atoms with Crippen LogP contribution in [0.3, 0.4) is 0 Å². The van der Waals surface area contributed by atoms with Gasteiger partial charge in [0.05, 0.1) is 22.5 Å². The average molecular weight is 680 g/mol. The van der Waals surface area contributed by atoms with Gasteiger partial charge in [-0.05, 0) is 70.6 Å². The van der Waals surface area contributed by atoms with Crippen molar-refractivity contribution in [3.8, 4) is 11.5 Å². The van der Waals surface area contributed by atoms with Crippen LogP contribution in [-0.4, -0.2) is 25.1 Å². The van der Waals surface area contributed by atoms with Crippen molar-refractivity contribution in [1.82, 2.24) is 5.43 Å². The average Bonchev–Trinajstić information content (AvgIpc) is 2.83. The number of halogens is 6. The standard InChI is InChI=1S/C25H19Cl2F3IN3O4/c1-37-21-8-14(7-20(31)24(21)38-13-15-5-6-17(26)10-19(15)27)12-32-34-23(36)11-22(35)33-18-4-2-3-16(9-18)25(28,29)30/h2-10,12H,11,13H2,1H3,(H,33,35)(H,34,36). The highest BCUT2D eigenvalue weighted by molar-refractivity contribution is 14.1. The Morgan fingerprint density at radius 2 is 1.84 bits per heavy atom. The maximum atomic E-state index is 12.8. The summed E-state index contributed by atoms with van der Waals surface area (Å²) in [5, 5.41) is 7.06. The van der Waals surface area contributed by atoms with E-state index in [1.54, 1.807) is 30.3 Å². The lowest BCUT2D eigenvalue weighted by atomic mass is 10.2. The van der Waals surface area contributed by atoms with Gasteiger partial charge in [0.1, 0.15) is 13.0 Å². The minimum atomic E-state index is -4.55. The largest absolute Gasteiger partial charge is 0.493 e. The van der Waals surface area contributed by atoms with Crippen LogP contribution in [0.2, 0.25) is 10.0 Å². The second-order valence-electron chi connectivity index (χ2n) is 7.66. The minimum absolute atomic E-state index is 0.0801. The van der Waals surface area contributed by atoms with Crippen LogP contribution in [0, 0.1) is 3.57 Å². The van der Waals surface area contributed by atoms with E-state index in [9.17, 15) is 22.8 Å². The van der Waals surface area contributed by atoms with Gasteiger partial charge in [-0.15, -0.1) is 0 Å². The fraction of sp³-hybridized carbons (Fsp3) is 0.160. The Labute approximate surface area is 239 Å². The summed E-state index contributed by atoms with van der Waals surface area (Å²) in [4.78, 5) is 24.1. The maximum absolute atomic E-state index is 12.8. The highest BCUT2D eigenvalue weighted by atomic mass is 127. The second-order valence-corrected chi connectivity index (χ2v) is 9.66. The van der Waals surface area contributed by atoms with Gasteiger partial charge in [0.25, 0.3) is 0 Å². The summed E-state index contributed by atoms with van der Waals surface area (Å²) < 4.78 is 50.4. The molecule has 0 saturated heterocycles. The lowest BCUT2D eigenvalue weighted by Gasteiger charge is -2.14. The third-order valence-corrected chi connectivity index (χ3v) is 6.22. The van der Waals surface area contributed by atoms with Crippen LogP contribution >= 0.6 is 45.8 Å². The van der Waals surface area contributed by atoms with Crippen molar-refractivity contribution >= 4 is 69.5 Å². The molecule has 3 rings (SSSR count). The summed E-state index contributed by atoms with van der Waals surface area (Å²) in [6.07, 6.45) is -3.86. The van der Waals surface area contributed by atoms with Gasteiger partial charge >= 0.3 is 6.18 Å². The number of benzene rings is 3. The Bertz CT molecular complexity index is 1370. The molecule has 0 heterocycles. The first-order valence-electron chi connectivity index (χ1n) is 10.7. The van der Waals surface area contributed by atoms with Gasteiger partial charge in [0.15, 0.2) is 11.5 Å². The summed E-state index contributed by atoms with van der Waals surface area (Å²) in [5.74, 6) is -0.662. The van der Waals surface area contributed by atoms with Gasteiger partial charge in [-0.3, -0.25) is 9.59 Å². The molecule has 0 aliphatic carbocycles. The van der Waals surface area contributed by atoms with Crippen LogP contribution in [0.5, 0.6) is 11.5 Å². The van der Waals surface area contributed by atoms with E-state index in [0.717, 1.165) is 23.8 Å². The molecule has 0 spiro atoms. The molecule has 0 fully saturated rings. The number of carbonyl (C=O) groups is 2. The van der Waals surface area contributed by atoms with E-state index in [2.05, 4.69) is 38.4 Å². The van der Waals surface area contributed by atoms with Crippen LogP contribution in [0.15, 0.2) is 59.7 Å². The Kier molecular flexibility index (Phi) is 10.2. The van der Waals surface area contributed by atoms with Crippen LogP contribution in [0.4, 0.5) is 18.9 Å². The zero-order valence-corrected chi connectivity index (χ0v) is 23.2. The first kappa shape index (κ1) is 29.5. The van der Waals surface area contributed by atoms with E-state index in [1.165, 1.54) is 19.4 Å². The first-order valence-corrected chi connectivity index (χ1v) is 12.5. The molecule has 3 aromatic carbocycles. The third kappa shape index (κ3) is 8.50. The number of hydrogen-bond acceptors (Lipinski definition) is 5. The summed E-state index contributed by atoms with van der Waals surface area (Å²) in [6.45, 7) is 0.175. The van der Waals surface area contributed by atoms with E-state index in [0.29, 0.717) is 30.7 Å². The number of carbonyl (C=O) groups excluding carboxylic acids is 2. The summed E-state index contributed by atoms with van der Waals surface area (Å²) in [6, 6.07) is 12.5. The number of hydrazone groups is 1. The molecule has 38 heavy (non-hydrogen) atoms. The predicted molar refractivity (Wildman–Crippen MR) is 147 cm³/mol. The highest BCUT2D eigenvalue weighted by Gasteiger charge is 2.30. The zero-order chi connectivity index (χ0) is 27.9. The Morgan fingerprint density at radius 1 is 1.08 bits per heavy atom. The quantitative estimate of drug-likeness (QED) is 0.114. The van der Waals surface area contributed by atoms with Crippen molar-refractivity contribution in [2.75, 3.05) is 12.4 Å². The van der Waals surface area contributed by atoms with Crippen molar-refractivity contribution in [2.45, 2.75) is 19.2 Å². The van der Waals surface area contributed by atoms with Crippen molar-refractivity contribution in [1.29, 1.82) is 0 Å². The van der Waals surface area contributed by atoms with Gasteiger partial charge in [0, 0.05) is 21.3 Å². The molecule has 3 aromatic rings. The van der Waals surface area contributed by atoms with Crippen LogP contribution in [0.25, 0.3) is 0 Å². The number of methoxy groups -OCH3 is 1. The molecule has 13 heteroatoms. The zero-order valence-electron chi connectivity index (χ0n) is 19.5. The van der Waals surface area contributed by atoms with E-state index in [4.69, 9.17) is 32.7 Å². The Morgan fingerprint density at radius 3 is 2.53 bits per heavy atom. The molecule has 0 unspecified atom stereocenters. The summed E-state index contributed by atoms with van der Waals surface area (Å²) in [7, 11) is 1.47. The molecule has 200 valence electrons. The van der Waals surface area contributed by atoms with Crippen LogP contribution < -0.4 is 20.2 Å². The highest BCUT2D eigenvalue weighted by Crippen LogP contribution is 2.35. The smallest absolute Gasteiger partial charge is 0.416 e. The lowest BCUT2D eigenvalue weighted by Crippen LogP contribution is -2.24. The van der Waals surface area contributed by atoms with Gasteiger partial charge in [0.2, 0.25) is 11.8 Å². The minimum Gasteiger partial charge on any atom is -0.493 e. The molecule has 0 radical (unpaired) electrons. The molecule has 0 aromatic heterocycles. The van der Waals surface area contributed by atoms with E-state index < -0.39 is 30.0 Å². The molecular formula is C25H19Cl2F3IN3O4. The van der Waals surface area contributed by atoms with Gasteiger partial charge in [-0.25, -0.2) is 5.43 Å². The molecule has 0 bridgehead atoms. The van der Waals surface area contributed by atoms with E-state index >= 15 is 0 Å². The molecule has 7 nitrogen and oxygen atoms in total. The van der Waals surface area contributed by atoms with Crippen LogP contribution in [-0.2, 0) is 22.4 Å². The van der Waals surface area contributed by atoms with E-state index in [-0.39, 0.29) is 12.3 Å². The number of anilines is 1. The molecule has 0 saturated carbocycles. The SMILES string of the molecule is COc1cc(C=NNC(=O)CC(=O)Nc2cccc(C(F)(F)F)c2)cc(I)c1OCc1ccc(Cl)cc1Cl. The third-order valence-electron chi connectivity index (χ3n) is 4.84. The van der Waals surface area contributed by atoms with Crippen molar-refractivity contribution < 1.29 is 32.2 Å². The molecule has 2 N–H and O–H groups in total. The fourth-order valence-electron chi connectivity index (χ4n) is 3.09. The van der Waals surface area contributed by atoms with Crippen molar-refractivity contribution in [3.63, 3.8) is 0 Å². The molecule has 0 aliphatic heterocycles. The number of nitrogens with zero attached hydrogens (tertiary/aromatic N) is 1. The maximum Gasteiger partial charge on any atom is 0.416 e. The monoisotopic (exact) mass is 679 g/mol. The first-order chi connectivity index (χ1) is 18.0. The van der Waals surface area contributed by atoms with E-state index in [1.807, 2.05) is 0 Å². The molecular weight excluding hydrogens is 661 g/mol. The number of hydrogen-bond donors (Lipinski definition) is 2. The van der Waals surface area contributed by atoms with Gasteiger partial charge in [-0.2, -0.15) is 18.3 Å². The van der Waals surface area contributed by atoms with Crippen molar-refractivity contribution in [2.24, 2.45) is 5.10 Å². The summed E-state index contributed by atoms with van der Waals surface area (Å²) in [5.41, 5.74) is 2.51. The normalized spacial score (nSPS) is 11.3. The van der Waals surface area contributed by atoms with Gasteiger partial charge < -0.3 is 14.8 Å². The van der Waals surface area contributed by atoms with Gasteiger partial charge in [-0.1, -0.05) is 35.3 Å². The topological polar surface area (TPSA) is 89.0 Å². The predicted octanol–water partition coefficient (Wildman–Crippen LogP) is 6.68. The summed E-state index contributed by atoms with van der Waals surface area (Å²) >= 11 is 14.2. The number of nitrogens with one attached hydrogen (secondary N) is 2. The molecule has 2 amide bonds. The number of ether oxygens (including phenoxy) is 2. The second kappa shape index (κ2) is 13.2. The Balaban J connectivity index is 1.57. The number of rotatable bonds is 9. The van der Waals surface area contributed by atoms with Crippen molar-refractivity contribution in [3.05, 3.63) is 84.9 Å². The lowest BCUT2D eigenvalue weighted by molar-refractivity contribution is -0.137. The number of alkyl halides is 3. The number of amides is 2. The van der Waals surface area contributed by atoms with Crippen LogP contribution in [0.1, 0.15) is 23.1 Å². The molecule has 0 atom stereocenters. The molecule has 0 aliphatic rings.